The Morgan fingerprint density at radius 2 is 2.00 bits per heavy atom. The van der Waals surface area contributed by atoms with Gasteiger partial charge in [-0.1, -0.05) is 12.1 Å². The molecule has 136 valence electrons. The maximum absolute atomic E-state index is 12.3. The monoisotopic (exact) mass is 356 g/mol. The number of carbonyl (C=O) groups excluding carboxylic acids is 2. The predicted molar refractivity (Wildman–Crippen MR) is 97.0 cm³/mol. The highest BCUT2D eigenvalue weighted by atomic mass is 16.6. The number of amides is 2. The second-order valence-corrected chi connectivity index (χ2v) is 5.83. The molecule has 1 aromatic heterocycles. The van der Waals surface area contributed by atoms with Crippen molar-refractivity contribution in [3.8, 4) is 0 Å². The van der Waals surface area contributed by atoms with Gasteiger partial charge in [0.2, 0.25) is 5.95 Å². The van der Waals surface area contributed by atoms with Crippen LogP contribution in [-0.4, -0.2) is 48.2 Å². The third kappa shape index (κ3) is 4.00. The Balaban J connectivity index is 1.61. The number of nitrogens with zero attached hydrogens (tertiary/aromatic N) is 3. The molecule has 0 bridgehead atoms. The summed E-state index contributed by atoms with van der Waals surface area (Å²) in [6, 6.07) is 7.01. The van der Waals surface area contributed by atoms with Gasteiger partial charge in [-0.05, 0) is 12.1 Å². The van der Waals surface area contributed by atoms with E-state index in [4.69, 9.17) is 10.5 Å². The smallest absolute Gasteiger partial charge is 0.407 e. The molecule has 26 heavy (non-hydrogen) atoms. The van der Waals surface area contributed by atoms with Crippen LogP contribution in [0.15, 0.2) is 36.7 Å². The zero-order chi connectivity index (χ0) is 18.5. The van der Waals surface area contributed by atoms with Crippen molar-refractivity contribution >= 4 is 29.3 Å². The molecule has 2 heterocycles. The van der Waals surface area contributed by atoms with E-state index >= 15 is 0 Å². The Bertz CT molecular complexity index is 795. The Morgan fingerprint density at radius 1 is 1.27 bits per heavy atom. The van der Waals surface area contributed by atoms with Crippen LogP contribution in [-0.2, 0) is 4.74 Å². The number of carbonyl (C=O) groups is 2. The lowest BCUT2D eigenvalue weighted by molar-refractivity contribution is 0.102. The Hall–Kier alpha value is -3.36. The van der Waals surface area contributed by atoms with Crippen molar-refractivity contribution in [2.24, 2.45) is 0 Å². The largest absolute Gasteiger partial charge is 0.444 e. The number of nitrogens with two attached hydrogens (primary N) is 1. The van der Waals surface area contributed by atoms with Crippen LogP contribution >= 0.6 is 0 Å². The van der Waals surface area contributed by atoms with Gasteiger partial charge >= 0.3 is 6.09 Å². The van der Waals surface area contributed by atoms with Crippen LogP contribution in [0.5, 0.6) is 0 Å². The fraction of sp³-hybridized carbons (Fsp3) is 0.294. The zero-order valence-corrected chi connectivity index (χ0v) is 14.3. The van der Waals surface area contributed by atoms with Crippen molar-refractivity contribution < 1.29 is 14.3 Å². The van der Waals surface area contributed by atoms with Gasteiger partial charge in [0, 0.05) is 32.4 Å². The number of ether oxygens (including phenoxy) is 1. The van der Waals surface area contributed by atoms with Gasteiger partial charge in [0.15, 0.2) is 0 Å². The van der Waals surface area contributed by atoms with E-state index in [0.717, 1.165) is 0 Å². The summed E-state index contributed by atoms with van der Waals surface area (Å²) in [5, 5.41) is 5.15. The molecule has 1 atom stereocenters. The van der Waals surface area contributed by atoms with E-state index in [1.165, 1.54) is 19.4 Å². The SMILES string of the molecule is CNC(=O)OC1CCN(c2ncc(C(=O)Nc3ccccc3N)cn2)C1. The molecule has 9 nitrogen and oxygen atoms in total. The average molecular weight is 356 g/mol. The van der Waals surface area contributed by atoms with Crippen molar-refractivity contribution in [3.63, 3.8) is 0 Å². The van der Waals surface area contributed by atoms with Gasteiger partial charge < -0.3 is 26.0 Å². The first-order valence-corrected chi connectivity index (χ1v) is 8.18. The summed E-state index contributed by atoms with van der Waals surface area (Å²) in [4.78, 5) is 33.9. The molecule has 1 aliphatic heterocycles. The molecular weight excluding hydrogens is 336 g/mol. The molecule has 3 rings (SSSR count). The van der Waals surface area contributed by atoms with Crippen molar-refractivity contribution in [1.29, 1.82) is 0 Å². The van der Waals surface area contributed by atoms with Crippen LogP contribution in [0.3, 0.4) is 0 Å². The fourth-order valence-corrected chi connectivity index (χ4v) is 2.62. The minimum Gasteiger partial charge on any atom is -0.444 e. The normalized spacial score (nSPS) is 16.2. The van der Waals surface area contributed by atoms with Crippen LogP contribution < -0.4 is 21.3 Å². The molecule has 1 saturated heterocycles. The molecule has 0 aliphatic carbocycles. The van der Waals surface area contributed by atoms with Crippen LogP contribution in [0, 0.1) is 0 Å². The molecule has 0 spiro atoms. The van der Waals surface area contributed by atoms with Gasteiger partial charge in [-0.15, -0.1) is 0 Å². The van der Waals surface area contributed by atoms with Crippen molar-refractivity contribution in [2.45, 2.75) is 12.5 Å². The van der Waals surface area contributed by atoms with E-state index in [1.54, 1.807) is 24.3 Å². The first kappa shape index (κ1) is 17.5. The number of aromatic nitrogens is 2. The summed E-state index contributed by atoms with van der Waals surface area (Å²) in [5.74, 6) is 0.153. The minimum absolute atomic E-state index is 0.206. The Kier molecular flexibility index (Phi) is 5.16. The molecule has 1 aromatic carbocycles. The van der Waals surface area contributed by atoms with Gasteiger partial charge in [-0.3, -0.25) is 4.79 Å². The molecular formula is C17H20N6O3. The van der Waals surface area contributed by atoms with E-state index < -0.39 is 6.09 Å². The molecule has 2 aromatic rings. The zero-order valence-electron chi connectivity index (χ0n) is 14.3. The van der Waals surface area contributed by atoms with Gasteiger partial charge in [0.25, 0.3) is 5.91 Å². The predicted octanol–water partition coefficient (Wildman–Crippen LogP) is 1.25. The summed E-state index contributed by atoms with van der Waals surface area (Å²) in [7, 11) is 1.52. The molecule has 9 heteroatoms. The van der Waals surface area contributed by atoms with Crippen LogP contribution in [0.2, 0.25) is 0 Å². The second-order valence-electron chi connectivity index (χ2n) is 5.83. The van der Waals surface area contributed by atoms with Gasteiger partial charge in [0.05, 0.1) is 23.5 Å². The quantitative estimate of drug-likeness (QED) is 0.705. The molecule has 0 radical (unpaired) electrons. The highest BCUT2D eigenvalue weighted by molar-refractivity contribution is 6.05. The number of nitrogen functional groups attached to an aromatic ring is 1. The molecule has 1 unspecified atom stereocenters. The van der Waals surface area contributed by atoms with Crippen molar-refractivity contribution in [2.75, 3.05) is 36.1 Å². The maximum atomic E-state index is 12.3. The number of para-hydroxylation sites is 2. The topological polar surface area (TPSA) is 122 Å². The van der Waals surface area contributed by atoms with Crippen molar-refractivity contribution in [3.05, 3.63) is 42.2 Å². The van der Waals surface area contributed by atoms with Crippen LogP contribution in [0.25, 0.3) is 0 Å². The lowest BCUT2D eigenvalue weighted by Gasteiger charge is -2.16. The standard InChI is InChI=1S/C17H20N6O3/c1-19-17(25)26-12-6-7-23(10-12)16-20-8-11(9-21-16)15(24)22-14-5-3-2-4-13(14)18/h2-5,8-9,12H,6-7,10,18H2,1H3,(H,19,25)(H,22,24). The molecule has 2 amide bonds. The van der Waals surface area contributed by atoms with Crippen molar-refractivity contribution in [1.82, 2.24) is 15.3 Å². The summed E-state index contributed by atoms with van der Waals surface area (Å²) in [5.41, 5.74) is 7.17. The van der Waals surface area contributed by atoms with Crippen LogP contribution in [0.4, 0.5) is 22.1 Å². The lowest BCUT2D eigenvalue weighted by atomic mass is 10.2. The van der Waals surface area contributed by atoms with E-state index in [-0.39, 0.29) is 12.0 Å². The summed E-state index contributed by atoms with van der Waals surface area (Å²) in [6.07, 6.45) is 2.97. The summed E-state index contributed by atoms with van der Waals surface area (Å²) >= 11 is 0. The summed E-state index contributed by atoms with van der Waals surface area (Å²) in [6.45, 7) is 1.19. The number of anilines is 3. The third-order valence-corrected chi connectivity index (χ3v) is 4.02. The summed E-state index contributed by atoms with van der Waals surface area (Å²) < 4.78 is 5.23. The van der Waals surface area contributed by atoms with E-state index in [9.17, 15) is 9.59 Å². The molecule has 1 aliphatic rings. The number of nitrogens with one attached hydrogen (secondary N) is 2. The Labute approximate surface area is 150 Å². The highest BCUT2D eigenvalue weighted by Gasteiger charge is 2.27. The number of hydrogen-bond donors (Lipinski definition) is 3. The number of rotatable bonds is 4. The molecule has 0 saturated carbocycles. The van der Waals surface area contributed by atoms with Gasteiger partial charge in [-0.25, -0.2) is 14.8 Å². The lowest BCUT2D eigenvalue weighted by Crippen LogP contribution is -2.29. The third-order valence-electron chi connectivity index (χ3n) is 4.02. The second kappa shape index (κ2) is 7.68. The minimum atomic E-state index is -0.454. The van der Waals surface area contributed by atoms with Crippen LogP contribution in [0.1, 0.15) is 16.8 Å². The highest BCUT2D eigenvalue weighted by Crippen LogP contribution is 2.20. The average Bonchev–Trinajstić information content (AvgIpc) is 3.12. The fourth-order valence-electron chi connectivity index (χ4n) is 2.62. The molecule has 1 fully saturated rings. The van der Waals surface area contributed by atoms with Gasteiger partial charge in [0.1, 0.15) is 6.10 Å². The first-order chi connectivity index (χ1) is 12.6. The number of benzene rings is 1. The van der Waals surface area contributed by atoms with E-state index in [2.05, 4.69) is 20.6 Å². The first-order valence-electron chi connectivity index (χ1n) is 8.18. The van der Waals surface area contributed by atoms with E-state index in [0.29, 0.717) is 42.4 Å². The maximum Gasteiger partial charge on any atom is 0.407 e. The van der Waals surface area contributed by atoms with Gasteiger partial charge in [-0.2, -0.15) is 0 Å². The number of hydrogen-bond acceptors (Lipinski definition) is 7. The van der Waals surface area contributed by atoms with E-state index in [1.807, 2.05) is 4.90 Å². The Morgan fingerprint density at radius 3 is 2.69 bits per heavy atom. The number of alkyl carbamates (subject to hydrolysis) is 1. The molecule has 4 N–H and O–H groups in total.